The molecule has 98 valence electrons. The molecule has 6 heteroatoms. The van der Waals surface area contributed by atoms with Crippen molar-refractivity contribution in [3.63, 3.8) is 0 Å². The van der Waals surface area contributed by atoms with Crippen LogP contribution in [0.3, 0.4) is 0 Å². The van der Waals surface area contributed by atoms with E-state index in [2.05, 4.69) is 4.98 Å². The Bertz CT molecular complexity index is 529. The van der Waals surface area contributed by atoms with Gasteiger partial charge in [0.05, 0.1) is 0 Å². The van der Waals surface area contributed by atoms with E-state index in [1.165, 1.54) is 22.6 Å². The lowest BCUT2D eigenvalue weighted by atomic mass is 10.1. The molecule has 0 bridgehead atoms. The van der Waals surface area contributed by atoms with Gasteiger partial charge < -0.3 is 0 Å². The molecular formula is C12H17N3O2S. The van der Waals surface area contributed by atoms with Gasteiger partial charge in [-0.3, -0.25) is 0 Å². The molecule has 0 N–H and O–H groups in total. The van der Waals surface area contributed by atoms with Crippen LogP contribution in [0.1, 0.15) is 26.0 Å². The minimum absolute atomic E-state index is 0.118. The summed E-state index contributed by atoms with van der Waals surface area (Å²) in [6, 6.07) is 4.67. The summed E-state index contributed by atoms with van der Waals surface area (Å²) < 4.78 is 25.6. The summed E-state index contributed by atoms with van der Waals surface area (Å²) in [6.07, 6.45) is 2.03. The molecule has 0 aliphatic heterocycles. The smallest absolute Gasteiger partial charge is 0.244 e. The van der Waals surface area contributed by atoms with Crippen LogP contribution >= 0.6 is 0 Å². The van der Waals surface area contributed by atoms with Crippen molar-refractivity contribution in [1.82, 2.24) is 9.29 Å². The molecule has 0 aromatic carbocycles. The van der Waals surface area contributed by atoms with E-state index in [0.29, 0.717) is 12.5 Å². The van der Waals surface area contributed by atoms with Gasteiger partial charge in [0.15, 0.2) is 0 Å². The van der Waals surface area contributed by atoms with E-state index in [-0.39, 0.29) is 10.6 Å². The SMILES string of the molecule is CC(C)CCN(C)S(=O)(=O)c1ccc(C#N)nc1. The van der Waals surface area contributed by atoms with Crippen LogP contribution in [0, 0.1) is 17.2 Å². The summed E-state index contributed by atoms with van der Waals surface area (Å²) >= 11 is 0. The van der Waals surface area contributed by atoms with Gasteiger partial charge in [-0.05, 0) is 24.5 Å². The summed E-state index contributed by atoms with van der Waals surface area (Å²) in [4.78, 5) is 3.89. The first-order valence-electron chi connectivity index (χ1n) is 5.70. The van der Waals surface area contributed by atoms with Crippen molar-refractivity contribution in [2.75, 3.05) is 13.6 Å². The zero-order valence-electron chi connectivity index (χ0n) is 10.8. The highest BCUT2D eigenvalue weighted by atomic mass is 32.2. The fraction of sp³-hybridized carbons (Fsp3) is 0.500. The summed E-state index contributed by atoms with van der Waals surface area (Å²) in [5.41, 5.74) is 0.207. The number of hydrogen-bond donors (Lipinski definition) is 0. The second-order valence-electron chi connectivity index (χ2n) is 4.50. The van der Waals surface area contributed by atoms with Gasteiger partial charge in [-0.25, -0.2) is 17.7 Å². The van der Waals surface area contributed by atoms with Crippen LogP contribution in [0.2, 0.25) is 0 Å². The minimum Gasteiger partial charge on any atom is -0.244 e. The van der Waals surface area contributed by atoms with Gasteiger partial charge in [0.1, 0.15) is 16.7 Å². The van der Waals surface area contributed by atoms with E-state index in [0.717, 1.165) is 6.42 Å². The fourth-order valence-electron chi connectivity index (χ4n) is 1.34. The molecule has 1 aromatic heterocycles. The molecule has 0 unspecified atom stereocenters. The first-order valence-corrected chi connectivity index (χ1v) is 7.14. The first-order chi connectivity index (χ1) is 8.37. The highest BCUT2D eigenvalue weighted by molar-refractivity contribution is 7.89. The number of aromatic nitrogens is 1. The number of rotatable bonds is 5. The third-order valence-corrected chi connectivity index (χ3v) is 4.42. The summed E-state index contributed by atoms with van der Waals surface area (Å²) in [6.45, 7) is 4.56. The maximum Gasteiger partial charge on any atom is 0.244 e. The van der Waals surface area contributed by atoms with E-state index < -0.39 is 10.0 Å². The second kappa shape index (κ2) is 5.94. The number of hydrogen-bond acceptors (Lipinski definition) is 4. The van der Waals surface area contributed by atoms with Gasteiger partial charge >= 0.3 is 0 Å². The Morgan fingerprint density at radius 1 is 1.44 bits per heavy atom. The molecule has 0 radical (unpaired) electrons. The number of nitriles is 1. The Balaban J connectivity index is 2.88. The Morgan fingerprint density at radius 3 is 2.56 bits per heavy atom. The molecule has 0 saturated carbocycles. The average molecular weight is 267 g/mol. The molecule has 0 aliphatic carbocycles. The van der Waals surface area contributed by atoms with Crippen molar-refractivity contribution in [2.24, 2.45) is 5.92 Å². The minimum atomic E-state index is -3.50. The van der Waals surface area contributed by atoms with Crippen molar-refractivity contribution in [3.05, 3.63) is 24.0 Å². The Hall–Kier alpha value is -1.45. The Kier molecular flexibility index (Phi) is 4.82. The van der Waals surface area contributed by atoms with Crippen LogP contribution in [-0.2, 0) is 10.0 Å². The van der Waals surface area contributed by atoms with Gasteiger partial charge in [-0.15, -0.1) is 0 Å². The Morgan fingerprint density at radius 2 is 2.11 bits per heavy atom. The van der Waals surface area contributed by atoms with Crippen LogP contribution in [0.15, 0.2) is 23.2 Å². The lowest BCUT2D eigenvalue weighted by Crippen LogP contribution is -2.28. The van der Waals surface area contributed by atoms with Gasteiger partial charge in [0.25, 0.3) is 0 Å². The number of pyridine rings is 1. The predicted octanol–water partition coefficient (Wildman–Crippen LogP) is 1.62. The van der Waals surface area contributed by atoms with E-state index >= 15 is 0 Å². The highest BCUT2D eigenvalue weighted by Crippen LogP contribution is 2.14. The summed E-state index contributed by atoms with van der Waals surface area (Å²) in [7, 11) is -1.95. The van der Waals surface area contributed by atoms with Gasteiger partial charge in [-0.2, -0.15) is 5.26 Å². The molecule has 1 rings (SSSR count). The van der Waals surface area contributed by atoms with E-state index in [1.54, 1.807) is 7.05 Å². The lowest BCUT2D eigenvalue weighted by molar-refractivity contribution is 0.428. The third kappa shape index (κ3) is 3.52. The molecule has 0 spiro atoms. The van der Waals surface area contributed by atoms with Gasteiger partial charge in [0, 0.05) is 19.8 Å². The van der Waals surface area contributed by atoms with Crippen LogP contribution in [0.5, 0.6) is 0 Å². The summed E-state index contributed by atoms with van der Waals surface area (Å²) in [5, 5.41) is 8.61. The van der Waals surface area contributed by atoms with E-state index in [9.17, 15) is 8.42 Å². The van der Waals surface area contributed by atoms with Crippen molar-refractivity contribution in [1.29, 1.82) is 5.26 Å². The second-order valence-corrected chi connectivity index (χ2v) is 6.54. The molecule has 1 heterocycles. The topological polar surface area (TPSA) is 74.1 Å². The average Bonchev–Trinajstić information content (AvgIpc) is 2.35. The largest absolute Gasteiger partial charge is 0.244 e. The Labute approximate surface area is 108 Å². The predicted molar refractivity (Wildman–Crippen MR) is 68.2 cm³/mol. The van der Waals surface area contributed by atoms with E-state index in [4.69, 9.17) is 5.26 Å². The highest BCUT2D eigenvalue weighted by Gasteiger charge is 2.20. The van der Waals surface area contributed by atoms with Crippen molar-refractivity contribution in [3.8, 4) is 6.07 Å². The quantitative estimate of drug-likeness (QED) is 0.812. The molecule has 0 saturated heterocycles. The maximum atomic E-state index is 12.1. The monoisotopic (exact) mass is 267 g/mol. The number of nitrogens with zero attached hydrogens (tertiary/aromatic N) is 3. The zero-order valence-corrected chi connectivity index (χ0v) is 11.6. The number of sulfonamides is 1. The maximum absolute atomic E-state index is 12.1. The molecule has 0 aliphatic rings. The standard InChI is InChI=1S/C12H17N3O2S/c1-10(2)6-7-15(3)18(16,17)12-5-4-11(8-13)14-9-12/h4-5,9-10H,6-7H2,1-3H3. The van der Waals surface area contributed by atoms with Crippen molar-refractivity contribution >= 4 is 10.0 Å². The zero-order chi connectivity index (χ0) is 13.8. The molecule has 5 nitrogen and oxygen atoms in total. The van der Waals surface area contributed by atoms with Crippen molar-refractivity contribution in [2.45, 2.75) is 25.2 Å². The molecule has 0 amide bonds. The van der Waals surface area contributed by atoms with Crippen LogP contribution in [-0.4, -0.2) is 31.3 Å². The van der Waals surface area contributed by atoms with Crippen LogP contribution in [0.25, 0.3) is 0 Å². The normalized spacial score (nSPS) is 11.8. The molecular weight excluding hydrogens is 250 g/mol. The lowest BCUT2D eigenvalue weighted by Gasteiger charge is -2.17. The third-order valence-electron chi connectivity index (χ3n) is 2.58. The van der Waals surface area contributed by atoms with Crippen LogP contribution in [0.4, 0.5) is 0 Å². The van der Waals surface area contributed by atoms with Gasteiger partial charge in [-0.1, -0.05) is 13.8 Å². The first kappa shape index (κ1) is 14.6. The molecule has 0 fully saturated rings. The molecule has 18 heavy (non-hydrogen) atoms. The van der Waals surface area contributed by atoms with Crippen molar-refractivity contribution < 1.29 is 8.42 Å². The van der Waals surface area contributed by atoms with Gasteiger partial charge in [0.2, 0.25) is 10.0 Å². The molecule has 0 atom stereocenters. The summed E-state index contributed by atoms with van der Waals surface area (Å²) in [5.74, 6) is 0.446. The fourth-order valence-corrected chi connectivity index (χ4v) is 2.47. The van der Waals surface area contributed by atoms with E-state index in [1.807, 2.05) is 19.9 Å². The van der Waals surface area contributed by atoms with Crippen LogP contribution < -0.4 is 0 Å². The molecule has 1 aromatic rings.